The number of hydrogen-bond acceptors (Lipinski definition) is 4. The Morgan fingerprint density at radius 3 is 2.21 bits per heavy atom. The number of rotatable bonds is 13. The van der Waals surface area contributed by atoms with E-state index in [0.717, 1.165) is 18.1 Å². The Hall–Kier alpha value is -3.14. The van der Waals surface area contributed by atoms with E-state index in [0.29, 0.717) is 37.2 Å². The Kier molecular flexibility index (Phi) is 10.5. The van der Waals surface area contributed by atoms with Gasteiger partial charge in [-0.1, -0.05) is 38.1 Å². The average molecular weight is 544 g/mol. The molecule has 204 valence electrons. The topological polar surface area (TPSA) is 78.5 Å². The molecule has 0 aromatic heterocycles. The Morgan fingerprint density at radius 1 is 0.921 bits per heavy atom. The summed E-state index contributed by atoms with van der Waals surface area (Å²) in [7, 11) is -2.13. The zero-order chi connectivity index (χ0) is 27.7. The van der Waals surface area contributed by atoms with Crippen LogP contribution < -0.4 is 10.6 Å². The van der Waals surface area contributed by atoms with Crippen LogP contribution in [0.5, 0.6) is 0 Å². The molecule has 1 amide bonds. The van der Waals surface area contributed by atoms with E-state index in [4.69, 9.17) is 0 Å². The van der Waals surface area contributed by atoms with Gasteiger partial charge in [0.2, 0.25) is 10.0 Å². The normalized spacial score (nSPS) is 12.5. The molecule has 38 heavy (non-hydrogen) atoms. The Bertz CT molecular complexity index is 1310. The second-order valence-electron chi connectivity index (χ2n) is 9.23. The van der Waals surface area contributed by atoms with Crippen LogP contribution in [0, 0.1) is 11.6 Å². The summed E-state index contributed by atoms with van der Waals surface area (Å²) in [6.07, 6.45) is 1.71. The maximum absolute atomic E-state index is 13.8. The summed E-state index contributed by atoms with van der Waals surface area (Å²) >= 11 is 0. The van der Waals surface area contributed by atoms with Crippen molar-refractivity contribution in [3.8, 4) is 0 Å². The third kappa shape index (κ3) is 8.18. The van der Waals surface area contributed by atoms with Gasteiger partial charge in [-0.25, -0.2) is 21.5 Å². The second kappa shape index (κ2) is 13.6. The zero-order valence-electron chi connectivity index (χ0n) is 22.0. The van der Waals surface area contributed by atoms with Crippen molar-refractivity contribution in [2.75, 3.05) is 20.1 Å². The molecule has 2 N–H and O–H groups in total. The smallest absolute Gasteiger partial charge is 0.251 e. The molecule has 0 aliphatic rings. The van der Waals surface area contributed by atoms with Gasteiger partial charge in [0.25, 0.3) is 5.91 Å². The molecule has 6 nitrogen and oxygen atoms in total. The van der Waals surface area contributed by atoms with Crippen LogP contribution in [0.15, 0.2) is 71.6 Å². The first-order chi connectivity index (χ1) is 18.1. The molecule has 0 heterocycles. The van der Waals surface area contributed by atoms with Gasteiger partial charge in [-0.05, 0) is 78.9 Å². The van der Waals surface area contributed by atoms with Gasteiger partial charge in [0.1, 0.15) is 11.6 Å². The largest absolute Gasteiger partial charge is 0.349 e. The lowest BCUT2D eigenvalue weighted by molar-refractivity contribution is 0.0934. The van der Waals surface area contributed by atoms with Crippen LogP contribution in [-0.2, 0) is 29.4 Å². The molecule has 3 aromatic carbocycles. The van der Waals surface area contributed by atoms with E-state index in [-0.39, 0.29) is 11.3 Å². The Balaban J connectivity index is 1.69. The fourth-order valence-corrected chi connectivity index (χ4v) is 5.28. The van der Waals surface area contributed by atoms with Crippen LogP contribution in [-0.4, -0.2) is 44.8 Å². The van der Waals surface area contributed by atoms with Crippen molar-refractivity contribution < 1.29 is 22.0 Å². The Labute approximate surface area is 224 Å². The van der Waals surface area contributed by atoms with Crippen molar-refractivity contribution in [1.82, 2.24) is 14.9 Å². The van der Waals surface area contributed by atoms with Gasteiger partial charge in [0.05, 0.1) is 4.90 Å². The first-order valence-corrected chi connectivity index (χ1v) is 14.2. The van der Waals surface area contributed by atoms with Crippen LogP contribution in [0.3, 0.4) is 0 Å². The summed E-state index contributed by atoms with van der Waals surface area (Å²) in [5.41, 5.74) is 3.14. The van der Waals surface area contributed by atoms with E-state index in [2.05, 4.69) is 29.7 Å². The zero-order valence-corrected chi connectivity index (χ0v) is 22.8. The van der Waals surface area contributed by atoms with E-state index in [1.54, 1.807) is 6.92 Å². The van der Waals surface area contributed by atoms with Gasteiger partial charge in [-0.15, -0.1) is 0 Å². The number of nitrogens with zero attached hydrogens (tertiary/aromatic N) is 1. The van der Waals surface area contributed by atoms with E-state index in [1.165, 1.54) is 53.3 Å². The number of aryl methyl sites for hydroxylation is 1. The van der Waals surface area contributed by atoms with Gasteiger partial charge in [0, 0.05) is 37.8 Å². The van der Waals surface area contributed by atoms with E-state index < -0.39 is 33.6 Å². The summed E-state index contributed by atoms with van der Waals surface area (Å²) in [6, 6.07) is 16.9. The maximum atomic E-state index is 13.8. The predicted molar refractivity (Wildman–Crippen MR) is 145 cm³/mol. The van der Waals surface area contributed by atoms with Gasteiger partial charge in [0.15, 0.2) is 0 Å². The van der Waals surface area contributed by atoms with E-state index in [1.807, 2.05) is 12.1 Å². The molecule has 1 atom stereocenters. The molecule has 0 spiro atoms. The standard InChI is InChI=1S/C29H35F2N3O3S/c1-4-21-7-6-8-22(15-21)20-32-14-13-27(18-23-16-25(30)19-26(31)17-23)33-29(35)24-9-11-28(12-10-24)38(36,37)34(3)5-2/h6-12,15-17,19,27,32H,4-5,13-14,18,20H2,1-3H3,(H,33,35)/t27-/m1/s1. The Morgan fingerprint density at radius 2 is 1.58 bits per heavy atom. The van der Waals surface area contributed by atoms with Crippen molar-refractivity contribution in [1.29, 1.82) is 0 Å². The molecule has 0 saturated heterocycles. The average Bonchev–Trinajstić information content (AvgIpc) is 2.90. The van der Waals surface area contributed by atoms with Crippen LogP contribution in [0.1, 0.15) is 47.3 Å². The van der Waals surface area contributed by atoms with E-state index >= 15 is 0 Å². The van der Waals surface area contributed by atoms with Crippen LogP contribution in [0.25, 0.3) is 0 Å². The SMILES string of the molecule is CCc1cccc(CNCC[C@H](Cc2cc(F)cc(F)c2)NC(=O)c2ccc(S(=O)(=O)N(C)CC)cc2)c1. The molecule has 0 radical (unpaired) electrons. The minimum Gasteiger partial charge on any atom is -0.349 e. The highest BCUT2D eigenvalue weighted by atomic mass is 32.2. The summed E-state index contributed by atoms with van der Waals surface area (Å²) in [5.74, 6) is -1.74. The monoisotopic (exact) mass is 543 g/mol. The third-order valence-corrected chi connectivity index (χ3v) is 8.35. The maximum Gasteiger partial charge on any atom is 0.251 e. The van der Waals surface area contributed by atoms with Gasteiger partial charge in [-0.3, -0.25) is 4.79 Å². The molecule has 3 aromatic rings. The first kappa shape index (κ1) is 29.4. The van der Waals surface area contributed by atoms with Gasteiger partial charge < -0.3 is 10.6 Å². The molecule has 3 rings (SSSR count). The highest BCUT2D eigenvalue weighted by molar-refractivity contribution is 7.89. The van der Waals surface area contributed by atoms with Gasteiger partial charge in [-0.2, -0.15) is 0 Å². The summed E-state index contributed by atoms with van der Waals surface area (Å²) in [6.45, 7) is 5.39. The van der Waals surface area contributed by atoms with Crippen molar-refractivity contribution in [2.24, 2.45) is 0 Å². The number of nitrogens with one attached hydrogen (secondary N) is 2. The fraction of sp³-hybridized carbons (Fsp3) is 0.345. The lowest BCUT2D eigenvalue weighted by Gasteiger charge is -2.20. The van der Waals surface area contributed by atoms with Crippen molar-refractivity contribution in [2.45, 2.75) is 50.6 Å². The lowest BCUT2D eigenvalue weighted by atomic mass is 10.0. The second-order valence-corrected chi connectivity index (χ2v) is 11.3. The minimum absolute atomic E-state index is 0.0986. The molecule has 0 saturated carbocycles. The van der Waals surface area contributed by atoms with E-state index in [9.17, 15) is 22.0 Å². The molecule has 0 bridgehead atoms. The first-order valence-electron chi connectivity index (χ1n) is 12.7. The van der Waals surface area contributed by atoms with Crippen LogP contribution in [0.4, 0.5) is 8.78 Å². The molecule has 0 aliphatic heterocycles. The predicted octanol–water partition coefficient (Wildman–Crippen LogP) is 4.69. The lowest BCUT2D eigenvalue weighted by Crippen LogP contribution is -2.38. The summed E-state index contributed by atoms with van der Waals surface area (Å²) in [5, 5.41) is 6.32. The number of halogens is 2. The molecule has 0 fully saturated rings. The third-order valence-electron chi connectivity index (χ3n) is 6.41. The number of carbonyl (C=O) groups excluding carboxylic acids is 1. The molecule has 9 heteroatoms. The molecule has 0 aliphatic carbocycles. The van der Waals surface area contributed by atoms with Crippen molar-refractivity contribution in [3.63, 3.8) is 0 Å². The number of amides is 1. The number of benzene rings is 3. The number of carbonyl (C=O) groups is 1. The molecule has 0 unspecified atom stereocenters. The summed E-state index contributed by atoms with van der Waals surface area (Å²) in [4.78, 5) is 13.1. The number of sulfonamides is 1. The van der Waals surface area contributed by atoms with Gasteiger partial charge >= 0.3 is 0 Å². The fourth-order valence-electron chi connectivity index (χ4n) is 4.10. The highest BCUT2D eigenvalue weighted by Crippen LogP contribution is 2.16. The van der Waals surface area contributed by atoms with Crippen LogP contribution >= 0.6 is 0 Å². The minimum atomic E-state index is -3.62. The van der Waals surface area contributed by atoms with Crippen molar-refractivity contribution >= 4 is 15.9 Å². The van der Waals surface area contributed by atoms with Crippen molar-refractivity contribution in [3.05, 3.63) is 101 Å². The van der Waals surface area contributed by atoms with Crippen LogP contribution in [0.2, 0.25) is 0 Å². The molecular weight excluding hydrogens is 508 g/mol. The highest BCUT2D eigenvalue weighted by Gasteiger charge is 2.20. The number of hydrogen-bond donors (Lipinski definition) is 2. The molecular formula is C29H35F2N3O3S. The quantitative estimate of drug-likeness (QED) is 0.307. The summed E-state index contributed by atoms with van der Waals surface area (Å²) < 4.78 is 53.8.